The van der Waals surface area contributed by atoms with Crippen LogP contribution in [0, 0.1) is 12.3 Å². The third-order valence-electron chi connectivity index (χ3n) is 5.36. The van der Waals surface area contributed by atoms with Crippen LogP contribution in [0.15, 0.2) is 58.5 Å². The molecule has 8 heteroatoms. The van der Waals surface area contributed by atoms with Gasteiger partial charge < -0.3 is 10.6 Å². The van der Waals surface area contributed by atoms with E-state index in [0.29, 0.717) is 27.0 Å². The minimum atomic E-state index is -1.42. The lowest BCUT2D eigenvalue weighted by Crippen LogP contribution is -2.30. The van der Waals surface area contributed by atoms with Gasteiger partial charge in [0.1, 0.15) is 6.10 Å². The van der Waals surface area contributed by atoms with Crippen molar-refractivity contribution in [1.82, 2.24) is 9.78 Å². The summed E-state index contributed by atoms with van der Waals surface area (Å²) in [7, 11) is -1.42. The van der Waals surface area contributed by atoms with Gasteiger partial charge >= 0.3 is 0 Å². The topological polar surface area (TPSA) is 82.5 Å². The molecule has 0 saturated heterocycles. The fourth-order valence-electron chi connectivity index (χ4n) is 3.07. The van der Waals surface area contributed by atoms with Crippen LogP contribution in [-0.4, -0.2) is 32.2 Å². The Morgan fingerprint density at radius 3 is 2.34 bits per heavy atom. The summed E-state index contributed by atoms with van der Waals surface area (Å²) in [4.78, 5) is 0.485. The van der Waals surface area contributed by atoms with Crippen molar-refractivity contribution in [1.29, 1.82) is 0 Å². The maximum Gasteiger partial charge on any atom is 0.260 e. The fourth-order valence-corrected chi connectivity index (χ4v) is 4.16. The smallest absolute Gasteiger partial charge is 0.260 e. The molecule has 170 valence electrons. The highest BCUT2D eigenvalue weighted by Gasteiger charge is 2.31. The van der Waals surface area contributed by atoms with Crippen LogP contribution in [-0.2, 0) is 15.5 Å². The molecule has 0 radical (unpaired) electrons. The summed E-state index contributed by atoms with van der Waals surface area (Å²) in [6.07, 6.45) is 1.40. The van der Waals surface area contributed by atoms with Gasteiger partial charge in [0, 0.05) is 11.8 Å². The quantitative estimate of drug-likeness (QED) is 0.236. The maximum absolute atomic E-state index is 13.0. The molecular formula is C24H29ClN4O2S. The van der Waals surface area contributed by atoms with Crippen molar-refractivity contribution < 1.29 is 8.95 Å². The van der Waals surface area contributed by atoms with Crippen LogP contribution in [0.3, 0.4) is 0 Å². The summed E-state index contributed by atoms with van der Waals surface area (Å²) in [5.41, 5.74) is 3.44. The second-order valence-corrected chi connectivity index (χ2v) is 10.5. The number of hydrogen-bond donors (Lipinski definition) is 1. The number of benzene rings is 2. The van der Waals surface area contributed by atoms with E-state index in [1.807, 2.05) is 56.3 Å². The molecule has 0 saturated carbocycles. The minimum Gasteiger partial charge on any atom is -0.472 e. The Balaban J connectivity index is 2.32. The number of hydrazone groups is 1. The zero-order valence-electron chi connectivity index (χ0n) is 19.2. The van der Waals surface area contributed by atoms with Crippen molar-refractivity contribution in [3.8, 4) is 16.9 Å². The Labute approximate surface area is 196 Å². The molecule has 2 aromatic carbocycles. The summed E-state index contributed by atoms with van der Waals surface area (Å²) in [5.74, 6) is 5.88. The summed E-state index contributed by atoms with van der Waals surface area (Å²) in [5, 5.41) is 9.17. The van der Waals surface area contributed by atoms with Crippen LogP contribution in [0.5, 0.6) is 0 Å². The van der Waals surface area contributed by atoms with E-state index in [0.717, 1.165) is 11.1 Å². The first-order valence-electron chi connectivity index (χ1n) is 10.3. The van der Waals surface area contributed by atoms with Crippen molar-refractivity contribution in [3.63, 3.8) is 0 Å². The number of hydrogen-bond acceptors (Lipinski definition) is 5. The zero-order valence-corrected chi connectivity index (χ0v) is 20.8. The molecule has 0 aliphatic carbocycles. The van der Waals surface area contributed by atoms with E-state index in [-0.39, 0.29) is 17.4 Å². The van der Waals surface area contributed by atoms with Gasteiger partial charge in [-0.05, 0) is 31.4 Å². The molecule has 2 unspecified atom stereocenters. The highest BCUT2D eigenvalue weighted by molar-refractivity contribution is 7.84. The van der Waals surface area contributed by atoms with Crippen molar-refractivity contribution >= 4 is 28.3 Å². The molecule has 0 spiro atoms. The Morgan fingerprint density at radius 1 is 1.19 bits per heavy atom. The van der Waals surface area contributed by atoms with Crippen LogP contribution in [0.4, 0.5) is 0 Å². The second kappa shape index (κ2) is 9.46. The molecule has 0 aliphatic rings. The van der Waals surface area contributed by atoms with Crippen molar-refractivity contribution in [2.45, 2.75) is 45.6 Å². The van der Waals surface area contributed by atoms with E-state index >= 15 is 0 Å². The van der Waals surface area contributed by atoms with Crippen LogP contribution in [0.1, 0.15) is 39.0 Å². The van der Waals surface area contributed by atoms with E-state index in [9.17, 15) is 4.21 Å². The molecule has 3 aromatic rings. The van der Waals surface area contributed by atoms with Crippen molar-refractivity contribution in [2.75, 3.05) is 6.26 Å². The van der Waals surface area contributed by atoms with Gasteiger partial charge in [-0.25, -0.2) is 4.68 Å². The second-order valence-electron chi connectivity index (χ2n) is 8.77. The van der Waals surface area contributed by atoms with Crippen LogP contribution in [0.25, 0.3) is 16.9 Å². The largest absolute Gasteiger partial charge is 0.472 e. The number of aromatic nitrogens is 2. The average molecular weight is 473 g/mol. The number of nitrogens with zero attached hydrogens (tertiary/aromatic N) is 3. The number of nitrogens with two attached hydrogens (primary N) is 1. The Hall–Kier alpha value is -2.64. The molecule has 6 nitrogen and oxygen atoms in total. The molecule has 0 amide bonds. The van der Waals surface area contributed by atoms with Gasteiger partial charge in [0.05, 0.1) is 32.1 Å². The third-order valence-corrected chi connectivity index (χ3v) is 6.64. The number of rotatable bonds is 5. The third kappa shape index (κ3) is 4.89. The first-order valence-corrected chi connectivity index (χ1v) is 12.2. The molecule has 32 heavy (non-hydrogen) atoms. The SMILES string of the molecule is Cc1ccc(-c2c(S(C)=O)c(C(=NN)OC(C)C(C)(C)C)nn2-c2ccccc2Cl)cc1. The van der Waals surface area contributed by atoms with E-state index in [2.05, 4.69) is 25.9 Å². The predicted molar refractivity (Wildman–Crippen MR) is 132 cm³/mol. The van der Waals surface area contributed by atoms with Gasteiger partial charge in [0.2, 0.25) is 0 Å². The van der Waals surface area contributed by atoms with Crippen molar-refractivity contribution in [2.24, 2.45) is 16.4 Å². The molecule has 1 aromatic heterocycles. The van der Waals surface area contributed by atoms with Crippen LogP contribution < -0.4 is 5.84 Å². The fraction of sp³-hybridized carbons (Fsp3) is 0.333. The molecule has 0 fully saturated rings. The minimum absolute atomic E-state index is 0.136. The zero-order chi connectivity index (χ0) is 23.6. The van der Waals surface area contributed by atoms with E-state index in [4.69, 9.17) is 27.3 Å². The first kappa shape index (κ1) is 24.0. The molecule has 3 rings (SSSR count). The summed E-state index contributed by atoms with van der Waals surface area (Å²) >= 11 is 6.52. The van der Waals surface area contributed by atoms with Gasteiger partial charge in [-0.1, -0.05) is 74.3 Å². The number of aryl methyl sites for hydroxylation is 1. The van der Waals surface area contributed by atoms with Gasteiger partial charge in [-0.3, -0.25) is 4.21 Å². The maximum atomic E-state index is 13.0. The highest BCUT2D eigenvalue weighted by atomic mass is 35.5. The van der Waals surface area contributed by atoms with E-state index in [1.165, 1.54) is 0 Å². The molecular weight excluding hydrogens is 444 g/mol. The average Bonchev–Trinajstić information content (AvgIpc) is 3.12. The molecule has 0 aliphatic heterocycles. The summed E-state index contributed by atoms with van der Waals surface area (Å²) < 4.78 is 20.8. The van der Waals surface area contributed by atoms with E-state index in [1.54, 1.807) is 17.0 Å². The summed E-state index contributed by atoms with van der Waals surface area (Å²) in [6.45, 7) is 10.1. The van der Waals surface area contributed by atoms with E-state index < -0.39 is 10.8 Å². The number of para-hydroxylation sites is 1. The molecule has 0 bridgehead atoms. The molecule has 2 N–H and O–H groups in total. The lowest BCUT2D eigenvalue weighted by molar-refractivity contribution is 0.0920. The van der Waals surface area contributed by atoms with Crippen molar-refractivity contribution in [3.05, 3.63) is 64.8 Å². The number of halogens is 1. The Kier molecular flexibility index (Phi) is 7.10. The normalized spacial score (nSPS) is 14.3. The van der Waals surface area contributed by atoms with Gasteiger partial charge in [0.25, 0.3) is 5.90 Å². The van der Waals surface area contributed by atoms with Gasteiger partial charge in [-0.15, -0.1) is 5.10 Å². The van der Waals surface area contributed by atoms with Crippen LogP contribution >= 0.6 is 11.6 Å². The number of ether oxygens (including phenoxy) is 1. The van der Waals surface area contributed by atoms with Gasteiger partial charge in [0.15, 0.2) is 5.69 Å². The monoisotopic (exact) mass is 472 g/mol. The predicted octanol–water partition coefficient (Wildman–Crippen LogP) is 5.31. The summed E-state index contributed by atoms with van der Waals surface area (Å²) in [6, 6.07) is 15.3. The lowest BCUT2D eigenvalue weighted by Gasteiger charge is -2.27. The molecule has 2 atom stereocenters. The lowest BCUT2D eigenvalue weighted by atomic mass is 9.90. The molecule has 1 heterocycles. The van der Waals surface area contributed by atoms with Crippen LogP contribution in [0.2, 0.25) is 5.02 Å². The Bertz CT molecular complexity index is 1160. The first-order chi connectivity index (χ1) is 15.0. The standard InChI is InChI=1S/C24H29ClN4O2S/c1-15-11-13-17(14-12-15)21-22(32(6)30)20(23(27-26)31-16(2)24(3,4)5)28-29(21)19-10-8-7-9-18(19)25/h7-14,16H,26H2,1-6H3. The Morgan fingerprint density at radius 2 is 1.81 bits per heavy atom. The van der Waals surface area contributed by atoms with Gasteiger partial charge in [-0.2, -0.15) is 5.10 Å². The highest BCUT2D eigenvalue weighted by Crippen LogP contribution is 2.35.